The van der Waals surface area contributed by atoms with Crippen molar-refractivity contribution in [3.63, 3.8) is 0 Å². The summed E-state index contributed by atoms with van der Waals surface area (Å²) in [5.41, 5.74) is 1.84. The van der Waals surface area contributed by atoms with Gasteiger partial charge in [0.15, 0.2) is 0 Å². The maximum Gasteiger partial charge on any atom is 0.226 e. The first-order valence-corrected chi connectivity index (χ1v) is 12.0. The first-order valence-electron chi connectivity index (χ1n) is 11.6. The molecule has 0 aliphatic carbocycles. The molecule has 1 N–H and O–H groups in total. The first kappa shape index (κ1) is 23.2. The number of nitrogens with zero attached hydrogens (tertiary/aromatic N) is 3. The zero-order chi connectivity index (χ0) is 22.3. The second-order valence-corrected chi connectivity index (χ2v) is 9.12. The number of rotatable bonds is 8. The van der Waals surface area contributed by atoms with Crippen molar-refractivity contribution in [2.45, 2.75) is 32.7 Å². The molecule has 0 spiro atoms. The second-order valence-electron chi connectivity index (χ2n) is 8.68. The van der Waals surface area contributed by atoms with Gasteiger partial charge in [-0.25, -0.2) is 4.98 Å². The summed E-state index contributed by atoms with van der Waals surface area (Å²) in [5.74, 6) is 1.74. The van der Waals surface area contributed by atoms with Gasteiger partial charge in [0.05, 0.1) is 18.9 Å². The van der Waals surface area contributed by atoms with Crippen LogP contribution in [0.5, 0.6) is 0 Å². The van der Waals surface area contributed by atoms with Gasteiger partial charge in [0.25, 0.3) is 0 Å². The number of likely N-dealkylation sites (tertiary alicyclic amines) is 1. The van der Waals surface area contributed by atoms with E-state index in [1.807, 2.05) is 31.2 Å². The molecule has 0 saturated carbocycles. The number of ether oxygens (including phenoxy) is 1. The average Bonchev–Trinajstić information content (AvgIpc) is 3.18. The van der Waals surface area contributed by atoms with E-state index in [0.717, 1.165) is 95.3 Å². The number of aryl methyl sites for hydroxylation is 1. The van der Waals surface area contributed by atoms with Gasteiger partial charge in [-0.05, 0) is 64.0 Å². The van der Waals surface area contributed by atoms with E-state index in [-0.39, 0.29) is 11.8 Å². The fourth-order valence-electron chi connectivity index (χ4n) is 4.37. The van der Waals surface area contributed by atoms with Gasteiger partial charge in [0.1, 0.15) is 5.76 Å². The van der Waals surface area contributed by atoms with Crippen molar-refractivity contribution in [1.29, 1.82) is 0 Å². The van der Waals surface area contributed by atoms with Gasteiger partial charge < -0.3 is 14.5 Å². The number of carbonyl (C=O) groups is 1. The zero-order valence-corrected chi connectivity index (χ0v) is 19.6. The Morgan fingerprint density at radius 1 is 1.19 bits per heavy atom. The maximum atomic E-state index is 12.6. The highest BCUT2D eigenvalue weighted by Crippen LogP contribution is 2.26. The number of nitrogens with one attached hydrogen (secondary N) is 1. The highest BCUT2D eigenvalue weighted by Gasteiger charge is 2.26. The summed E-state index contributed by atoms with van der Waals surface area (Å²) in [6.45, 7) is 9.89. The molecule has 0 atom stereocenters. The smallest absolute Gasteiger partial charge is 0.226 e. The van der Waals surface area contributed by atoms with Crippen molar-refractivity contribution >= 4 is 17.5 Å². The van der Waals surface area contributed by atoms with E-state index < -0.39 is 0 Å². The van der Waals surface area contributed by atoms with E-state index in [0.29, 0.717) is 10.9 Å². The summed E-state index contributed by atoms with van der Waals surface area (Å²) in [6.07, 6.45) is 2.76. The lowest BCUT2D eigenvalue weighted by molar-refractivity contribution is -0.126. The van der Waals surface area contributed by atoms with E-state index in [4.69, 9.17) is 25.7 Å². The van der Waals surface area contributed by atoms with Gasteiger partial charge >= 0.3 is 0 Å². The standard InChI is InChI=1S/C24H33ClN4O3/c1-18-22(27-24(32-18)20-4-2-5-21(25)16-20)17-29-10-6-19(7-11-29)23(30)26-8-3-9-28-12-14-31-15-13-28/h2,4-5,16,19H,3,6-15,17H2,1H3,(H,26,30). The van der Waals surface area contributed by atoms with Crippen LogP contribution in [0.1, 0.15) is 30.7 Å². The van der Waals surface area contributed by atoms with Gasteiger partial charge in [-0.15, -0.1) is 0 Å². The van der Waals surface area contributed by atoms with Gasteiger partial charge in [-0.3, -0.25) is 14.6 Å². The predicted molar refractivity (Wildman–Crippen MR) is 125 cm³/mol. The Morgan fingerprint density at radius 3 is 2.72 bits per heavy atom. The Kier molecular flexibility index (Phi) is 8.19. The molecule has 32 heavy (non-hydrogen) atoms. The molecule has 4 rings (SSSR count). The van der Waals surface area contributed by atoms with Crippen LogP contribution in [0.15, 0.2) is 28.7 Å². The Hall–Kier alpha value is -1.93. The Bertz CT molecular complexity index is 889. The van der Waals surface area contributed by atoms with Crippen LogP contribution in [0.3, 0.4) is 0 Å². The molecule has 2 saturated heterocycles. The quantitative estimate of drug-likeness (QED) is 0.609. The largest absolute Gasteiger partial charge is 0.441 e. The van der Waals surface area contributed by atoms with E-state index in [1.165, 1.54) is 0 Å². The number of carbonyl (C=O) groups excluding carboxylic acids is 1. The molecule has 1 aromatic heterocycles. The number of benzene rings is 1. The lowest BCUT2D eigenvalue weighted by atomic mass is 9.95. The van der Waals surface area contributed by atoms with Gasteiger partial charge in [0.2, 0.25) is 11.8 Å². The van der Waals surface area contributed by atoms with E-state index >= 15 is 0 Å². The van der Waals surface area contributed by atoms with Crippen molar-refractivity contribution < 1.29 is 13.9 Å². The molecule has 174 valence electrons. The van der Waals surface area contributed by atoms with Crippen molar-refractivity contribution in [3.8, 4) is 11.5 Å². The zero-order valence-electron chi connectivity index (χ0n) is 18.8. The summed E-state index contributed by atoms with van der Waals surface area (Å²) in [5, 5.41) is 3.81. The summed E-state index contributed by atoms with van der Waals surface area (Å²) >= 11 is 6.09. The number of hydrogen-bond acceptors (Lipinski definition) is 6. The van der Waals surface area contributed by atoms with E-state index in [2.05, 4.69) is 15.1 Å². The fourth-order valence-corrected chi connectivity index (χ4v) is 4.56. The minimum absolute atomic E-state index is 0.107. The summed E-state index contributed by atoms with van der Waals surface area (Å²) in [7, 11) is 0. The number of aromatic nitrogens is 1. The third-order valence-corrected chi connectivity index (χ3v) is 6.59. The third kappa shape index (κ3) is 6.32. The summed E-state index contributed by atoms with van der Waals surface area (Å²) in [4.78, 5) is 22.0. The maximum absolute atomic E-state index is 12.6. The Labute approximate surface area is 195 Å². The van der Waals surface area contributed by atoms with E-state index in [1.54, 1.807) is 0 Å². The van der Waals surface area contributed by atoms with Crippen molar-refractivity contribution in [2.75, 3.05) is 52.5 Å². The summed E-state index contributed by atoms with van der Waals surface area (Å²) in [6, 6.07) is 7.55. The lowest BCUT2D eigenvalue weighted by Crippen LogP contribution is -2.41. The molecular formula is C24H33ClN4O3. The van der Waals surface area contributed by atoms with Crippen LogP contribution in [0.2, 0.25) is 5.02 Å². The molecule has 7 nitrogen and oxygen atoms in total. The second kappa shape index (κ2) is 11.3. The SMILES string of the molecule is Cc1oc(-c2cccc(Cl)c2)nc1CN1CCC(C(=O)NCCCN2CCOCC2)CC1. The highest BCUT2D eigenvalue weighted by molar-refractivity contribution is 6.30. The molecule has 0 unspecified atom stereocenters. The Balaban J connectivity index is 1.19. The average molecular weight is 461 g/mol. The first-order chi connectivity index (χ1) is 15.6. The predicted octanol–water partition coefficient (Wildman–Crippen LogP) is 3.35. The summed E-state index contributed by atoms with van der Waals surface area (Å²) < 4.78 is 11.3. The third-order valence-electron chi connectivity index (χ3n) is 6.35. The molecule has 8 heteroatoms. The van der Waals surface area contributed by atoms with E-state index in [9.17, 15) is 4.79 Å². The molecule has 2 aliphatic rings. The van der Waals surface area contributed by atoms with Crippen molar-refractivity contribution in [2.24, 2.45) is 5.92 Å². The van der Waals surface area contributed by atoms with Crippen molar-refractivity contribution in [1.82, 2.24) is 20.1 Å². The van der Waals surface area contributed by atoms with Crippen LogP contribution in [-0.4, -0.2) is 73.2 Å². The van der Waals surface area contributed by atoms with Crippen molar-refractivity contribution in [3.05, 3.63) is 40.7 Å². The number of oxazole rings is 1. The van der Waals surface area contributed by atoms with Crippen LogP contribution < -0.4 is 5.32 Å². The molecule has 3 heterocycles. The molecule has 2 aliphatic heterocycles. The molecule has 0 bridgehead atoms. The number of amides is 1. The number of morpholine rings is 1. The monoisotopic (exact) mass is 460 g/mol. The van der Waals surface area contributed by atoms with Crippen LogP contribution in [0.25, 0.3) is 11.5 Å². The van der Waals surface area contributed by atoms with Gasteiger partial charge in [-0.1, -0.05) is 17.7 Å². The molecule has 2 fully saturated rings. The number of hydrogen-bond donors (Lipinski definition) is 1. The Morgan fingerprint density at radius 2 is 1.97 bits per heavy atom. The topological polar surface area (TPSA) is 70.8 Å². The van der Waals surface area contributed by atoms with Gasteiger partial charge in [-0.2, -0.15) is 0 Å². The normalized spacial score (nSPS) is 18.7. The molecule has 1 aromatic carbocycles. The number of piperidine rings is 1. The van der Waals surface area contributed by atoms with Crippen LogP contribution in [-0.2, 0) is 16.1 Å². The minimum atomic E-state index is 0.107. The van der Waals surface area contributed by atoms with Crippen LogP contribution >= 0.6 is 11.6 Å². The van der Waals surface area contributed by atoms with Gasteiger partial charge in [0, 0.05) is 42.7 Å². The number of halogens is 1. The fraction of sp³-hybridized carbons (Fsp3) is 0.583. The van der Waals surface area contributed by atoms with Crippen LogP contribution in [0.4, 0.5) is 0 Å². The molecule has 0 radical (unpaired) electrons. The molecular weight excluding hydrogens is 428 g/mol. The highest BCUT2D eigenvalue weighted by atomic mass is 35.5. The molecule has 1 amide bonds. The molecule has 2 aromatic rings. The lowest BCUT2D eigenvalue weighted by Gasteiger charge is -2.31. The minimum Gasteiger partial charge on any atom is -0.441 e. The van der Waals surface area contributed by atoms with Crippen LogP contribution in [0, 0.1) is 12.8 Å².